The Hall–Kier alpha value is -2.08. The summed E-state index contributed by atoms with van der Waals surface area (Å²) in [6.45, 7) is 2.55. The Balaban J connectivity index is 2.52. The number of anilines is 1. The molecule has 0 saturated carbocycles. The van der Waals surface area contributed by atoms with Gasteiger partial charge in [0.15, 0.2) is 5.60 Å². The Morgan fingerprint density at radius 2 is 2.11 bits per heavy atom. The predicted octanol–water partition coefficient (Wildman–Crippen LogP) is 0.767. The number of fused-ring (bicyclic) bond motifs is 1. The highest BCUT2D eigenvalue weighted by atomic mass is 16.5. The fourth-order valence-corrected chi connectivity index (χ4v) is 2.00. The van der Waals surface area contributed by atoms with Gasteiger partial charge in [-0.05, 0) is 31.5 Å². The number of amides is 1. The van der Waals surface area contributed by atoms with Crippen molar-refractivity contribution in [2.24, 2.45) is 0 Å². The van der Waals surface area contributed by atoms with Crippen LogP contribution in [0.25, 0.3) is 0 Å². The molecule has 1 aromatic rings. The van der Waals surface area contributed by atoms with Gasteiger partial charge < -0.3 is 14.9 Å². The Kier molecular flexibility index (Phi) is 3.20. The van der Waals surface area contributed by atoms with E-state index in [1.807, 2.05) is 0 Å². The molecule has 2 rings (SSSR count). The zero-order valence-corrected chi connectivity index (χ0v) is 10.7. The largest absolute Gasteiger partial charge is 0.480 e. The van der Waals surface area contributed by atoms with Crippen LogP contribution in [0.4, 0.5) is 5.69 Å². The van der Waals surface area contributed by atoms with Crippen LogP contribution in [0.1, 0.15) is 19.4 Å². The van der Waals surface area contributed by atoms with Gasteiger partial charge in [-0.3, -0.25) is 14.5 Å². The van der Waals surface area contributed by atoms with Gasteiger partial charge in [0.25, 0.3) is 5.91 Å². The van der Waals surface area contributed by atoms with E-state index >= 15 is 0 Å². The fraction of sp³-hybridized carbons (Fsp3) is 0.385. The maximum Gasteiger partial charge on any atom is 0.323 e. The van der Waals surface area contributed by atoms with E-state index in [0.717, 1.165) is 0 Å². The summed E-state index contributed by atoms with van der Waals surface area (Å²) < 4.78 is 5.58. The molecule has 19 heavy (non-hydrogen) atoms. The van der Waals surface area contributed by atoms with Crippen LogP contribution in [0.5, 0.6) is 5.75 Å². The average molecular weight is 265 g/mol. The molecule has 1 aromatic carbocycles. The highest BCUT2D eigenvalue weighted by Gasteiger charge is 2.41. The van der Waals surface area contributed by atoms with E-state index in [2.05, 4.69) is 0 Å². The lowest BCUT2D eigenvalue weighted by Gasteiger charge is -2.38. The third-order valence-corrected chi connectivity index (χ3v) is 2.92. The van der Waals surface area contributed by atoms with Crippen LogP contribution in [-0.2, 0) is 16.2 Å². The molecule has 1 aliphatic rings. The first-order chi connectivity index (χ1) is 8.85. The number of nitrogens with zero attached hydrogens (tertiary/aromatic N) is 1. The smallest absolute Gasteiger partial charge is 0.323 e. The lowest BCUT2D eigenvalue weighted by atomic mass is 10.0. The number of carboxylic acid groups (broad SMARTS) is 1. The molecule has 0 bridgehead atoms. The third kappa shape index (κ3) is 2.39. The summed E-state index contributed by atoms with van der Waals surface area (Å²) in [5.74, 6) is -1.09. The standard InChI is InChI=1S/C13H15NO5/c1-13(2)12(18)14(6-11(16)17)9-5-8(7-15)3-4-10(9)19-13/h3-5,15H,6-7H2,1-2H3,(H,16,17). The molecule has 0 fully saturated rings. The number of rotatable bonds is 3. The molecule has 0 aromatic heterocycles. The second kappa shape index (κ2) is 4.55. The first kappa shape index (κ1) is 13.4. The number of aliphatic hydroxyl groups excluding tert-OH is 1. The molecule has 1 amide bonds. The molecule has 0 atom stereocenters. The van der Waals surface area contributed by atoms with Gasteiger partial charge in [0.2, 0.25) is 0 Å². The fourth-order valence-electron chi connectivity index (χ4n) is 2.00. The molecule has 0 saturated heterocycles. The van der Waals surface area contributed by atoms with Crippen LogP contribution in [-0.4, -0.2) is 34.2 Å². The Labute approximate surface area is 110 Å². The van der Waals surface area contributed by atoms with Crippen LogP contribution in [0.3, 0.4) is 0 Å². The summed E-state index contributed by atoms with van der Waals surface area (Å²) >= 11 is 0. The lowest BCUT2D eigenvalue weighted by molar-refractivity contribution is -0.139. The average Bonchev–Trinajstić information content (AvgIpc) is 2.34. The van der Waals surface area contributed by atoms with Crippen LogP contribution in [0.15, 0.2) is 18.2 Å². The van der Waals surface area contributed by atoms with Crippen molar-refractivity contribution in [3.63, 3.8) is 0 Å². The monoisotopic (exact) mass is 265 g/mol. The normalized spacial score (nSPS) is 16.8. The minimum atomic E-state index is -1.11. The van der Waals surface area contributed by atoms with Gasteiger partial charge in [0.1, 0.15) is 12.3 Å². The number of aliphatic carboxylic acids is 1. The third-order valence-electron chi connectivity index (χ3n) is 2.92. The van der Waals surface area contributed by atoms with E-state index < -0.39 is 24.0 Å². The van der Waals surface area contributed by atoms with Crippen LogP contribution in [0.2, 0.25) is 0 Å². The molecule has 102 valence electrons. The number of aliphatic hydroxyl groups is 1. The summed E-state index contributed by atoms with van der Waals surface area (Å²) in [6.07, 6.45) is 0. The molecule has 1 heterocycles. The molecule has 0 unspecified atom stereocenters. The Bertz CT molecular complexity index is 538. The van der Waals surface area contributed by atoms with Gasteiger partial charge in [-0.15, -0.1) is 0 Å². The quantitative estimate of drug-likeness (QED) is 0.842. The van der Waals surface area contributed by atoms with Gasteiger partial charge in [-0.25, -0.2) is 0 Å². The number of carbonyl (C=O) groups excluding carboxylic acids is 1. The van der Waals surface area contributed by atoms with Crippen LogP contribution < -0.4 is 9.64 Å². The van der Waals surface area contributed by atoms with E-state index in [1.54, 1.807) is 32.0 Å². The molecule has 0 radical (unpaired) electrons. The minimum absolute atomic E-state index is 0.189. The number of ether oxygens (including phenoxy) is 1. The summed E-state index contributed by atoms with van der Waals surface area (Å²) in [6, 6.07) is 4.86. The highest BCUT2D eigenvalue weighted by Crippen LogP contribution is 2.38. The van der Waals surface area contributed by atoms with Crippen molar-refractivity contribution >= 4 is 17.6 Å². The molecular formula is C13H15NO5. The van der Waals surface area contributed by atoms with Crippen molar-refractivity contribution in [2.45, 2.75) is 26.1 Å². The molecule has 6 nitrogen and oxygen atoms in total. The summed E-state index contributed by atoms with van der Waals surface area (Å²) in [4.78, 5) is 24.3. The van der Waals surface area contributed by atoms with Crippen LogP contribution in [0, 0.1) is 0 Å². The maximum atomic E-state index is 12.2. The first-order valence-corrected chi connectivity index (χ1v) is 5.81. The van der Waals surface area contributed by atoms with Crippen molar-refractivity contribution in [3.8, 4) is 5.75 Å². The number of carbonyl (C=O) groups is 2. The topological polar surface area (TPSA) is 87.1 Å². The molecule has 0 spiro atoms. The van der Waals surface area contributed by atoms with E-state index in [4.69, 9.17) is 14.9 Å². The van der Waals surface area contributed by atoms with E-state index in [1.165, 1.54) is 4.90 Å². The van der Waals surface area contributed by atoms with E-state index in [-0.39, 0.29) is 6.61 Å². The molecule has 1 aliphatic heterocycles. The summed E-state index contributed by atoms with van der Waals surface area (Å²) in [7, 11) is 0. The maximum absolute atomic E-state index is 12.2. The first-order valence-electron chi connectivity index (χ1n) is 5.81. The zero-order valence-electron chi connectivity index (χ0n) is 10.7. The van der Waals surface area contributed by atoms with Gasteiger partial charge >= 0.3 is 5.97 Å². The number of benzene rings is 1. The van der Waals surface area contributed by atoms with Crippen molar-refractivity contribution < 1.29 is 24.5 Å². The molecule has 0 aliphatic carbocycles. The zero-order chi connectivity index (χ0) is 14.2. The van der Waals surface area contributed by atoms with Gasteiger partial charge in [-0.2, -0.15) is 0 Å². The Morgan fingerprint density at radius 1 is 1.42 bits per heavy atom. The van der Waals surface area contributed by atoms with Gasteiger partial charge in [-0.1, -0.05) is 6.07 Å². The summed E-state index contributed by atoms with van der Waals surface area (Å²) in [5, 5.41) is 18.0. The second-order valence-electron chi connectivity index (χ2n) is 4.86. The van der Waals surface area contributed by atoms with Crippen molar-refractivity contribution in [3.05, 3.63) is 23.8 Å². The minimum Gasteiger partial charge on any atom is -0.480 e. The van der Waals surface area contributed by atoms with E-state index in [0.29, 0.717) is 17.0 Å². The van der Waals surface area contributed by atoms with Crippen LogP contribution >= 0.6 is 0 Å². The Morgan fingerprint density at radius 3 is 2.68 bits per heavy atom. The predicted molar refractivity (Wildman–Crippen MR) is 67.1 cm³/mol. The number of hydrogen-bond acceptors (Lipinski definition) is 4. The molecular weight excluding hydrogens is 250 g/mol. The number of carboxylic acids is 1. The highest BCUT2D eigenvalue weighted by molar-refractivity contribution is 6.05. The summed E-state index contributed by atoms with van der Waals surface area (Å²) in [5.41, 5.74) is -0.146. The lowest BCUT2D eigenvalue weighted by Crippen LogP contribution is -2.53. The molecule has 2 N–H and O–H groups in total. The number of hydrogen-bond donors (Lipinski definition) is 2. The van der Waals surface area contributed by atoms with E-state index in [9.17, 15) is 9.59 Å². The SMILES string of the molecule is CC1(C)Oc2ccc(CO)cc2N(CC(=O)O)C1=O. The second-order valence-corrected chi connectivity index (χ2v) is 4.86. The van der Waals surface area contributed by atoms with Gasteiger partial charge in [0.05, 0.1) is 12.3 Å². The molecule has 6 heteroatoms. The van der Waals surface area contributed by atoms with Crippen molar-refractivity contribution in [1.29, 1.82) is 0 Å². The van der Waals surface area contributed by atoms with Crippen molar-refractivity contribution in [2.75, 3.05) is 11.4 Å². The van der Waals surface area contributed by atoms with Gasteiger partial charge in [0, 0.05) is 0 Å². The van der Waals surface area contributed by atoms with Crippen molar-refractivity contribution in [1.82, 2.24) is 0 Å².